The third-order valence-corrected chi connectivity index (χ3v) is 6.54. The number of nitrogens with zero attached hydrogens (tertiary/aromatic N) is 4. The number of carbonyl (C=O) groups is 1. The minimum absolute atomic E-state index is 0.0133. The molecular weight excluding hydrogens is 383 g/mol. The third-order valence-electron chi connectivity index (χ3n) is 6.54. The molecule has 6 nitrogen and oxygen atoms in total. The van der Waals surface area contributed by atoms with Gasteiger partial charge in [-0.3, -0.25) is 9.69 Å². The molecule has 0 radical (unpaired) electrons. The number of alkyl halides is 3. The van der Waals surface area contributed by atoms with Crippen LogP contribution >= 0.6 is 0 Å². The van der Waals surface area contributed by atoms with Gasteiger partial charge in [0.25, 0.3) is 0 Å². The van der Waals surface area contributed by atoms with E-state index in [-0.39, 0.29) is 29.7 Å². The predicted octanol–water partition coefficient (Wildman–Crippen LogP) is 1.82. The van der Waals surface area contributed by atoms with Crippen LogP contribution in [0.2, 0.25) is 0 Å². The lowest BCUT2D eigenvalue weighted by Gasteiger charge is -2.40. The Morgan fingerprint density at radius 1 is 1.14 bits per heavy atom. The van der Waals surface area contributed by atoms with Crippen molar-refractivity contribution in [2.24, 2.45) is 5.92 Å². The van der Waals surface area contributed by atoms with E-state index in [9.17, 15) is 18.0 Å². The first-order valence-corrected chi connectivity index (χ1v) is 10.4. The quantitative estimate of drug-likeness (QED) is 0.823. The van der Waals surface area contributed by atoms with E-state index >= 15 is 0 Å². The molecule has 1 aromatic heterocycles. The first-order chi connectivity index (χ1) is 13.9. The molecule has 1 N–H and O–H groups in total. The Labute approximate surface area is 169 Å². The number of piperazine rings is 1. The highest BCUT2D eigenvalue weighted by atomic mass is 19.4. The molecule has 29 heavy (non-hydrogen) atoms. The Hall–Kier alpha value is -1.87. The van der Waals surface area contributed by atoms with Crippen molar-refractivity contribution in [3.8, 4) is 0 Å². The standard InChI is InChI=1S/C20H28F3N5O/c1-14-16(13-25-17(14)19(29)28-7-2-3-8-28)26-9-11-27(12-10-26)18-15(20(21,22)23)5-4-6-24-18/h4-6,14,16-17,25H,2-3,7-13H2,1H3/t14-,16+,17-/m0/s1. The van der Waals surface area contributed by atoms with E-state index in [1.807, 2.05) is 4.90 Å². The highest BCUT2D eigenvalue weighted by molar-refractivity contribution is 5.83. The van der Waals surface area contributed by atoms with E-state index in [0.29, 0.717) is 26.2 Å². The maximum absolute atomic E-state index is 13.3. The van der Waals surface area contributed by atoms with Gasteiger partial charge in [-0.2, -0.15) is 13.2 Å². The summed E-state index contributed by atoms with van der Waals surface area (Å²) in [6.07, 6.45) is -0.848. The van der Waals surface area contributed by atoms with Crippen LogP contribution in [0.15, 0.2) is 18.3 Å². The second kappa shape index (κ2) is 8.10. The van der Waals surface area contributed by atoms with Crippen molar-refractivity contribution in [2.75, 3.05) is 50.7 Å². The van der Waals surface area contributed by atoms with Crippen molar-refractivity contribution in [2.45, 2.75) is 38.0 Å². The van der Waals surface area contributed by atoms with Crippen LogP contribution in [0, 0.1) is 5.92 Å². The van der Waals surface area contributed by atoms with Gasteiger partial charge in [0.15, 0.2) is 0 Å². The fourth-order valence-electron chi connectivity index (χ4n) is 4.89. The van der Waals surface area contributed by atoms with Crippen molar-refractivity contribution >= 4 is 11.7 Å². The largest absolute Gasteiger partial charge is 0.419 e. The van der Waals surface area contributed by atoms with Crippen LogP contribution in [0.4, 0.5) is 19.0 Å². The second-order valence-corrected chi connectivity index (χ2v) is 8.24. The van der Waals surface area contributed by atoms with Gasteiger partial charge in [-0.1, -0.05) is 6.92 Å². The van der Waals surface area contributed by atoms with Crippen LogP contribution in [0.1, 0.15) is 25.3 Å². The van der Waals surface area contributed by atoms with Crippen LogP contribution in [0.3, 0.4) is 0 Å². The summed E-state index contributed by atoms with van der Waals surface area (Å²) in [6.45, 7) is 6.85. The second-order valence-electron chi connectivity index (χ2n) is 8.24. The molecule has 0 aliphatic carbocycles. The molecule has 0 unspecified atom stereocenters. The number of halogens is 3. The summed E-state index contributed by atoms with van der Waals surface area (Å²) in [7, 11) is 0. The zero-order chi connectivity index (χ0) is 20.6. The minimum Gasteiger partial charge on any atom is -0.354 e. The van der Waals surface area contributed by atoms with Crippen LogP contribution in [0.5, 0.6) is 0 Å². The van der Waals surface area contributed by atoms with E-state index < -0.39 is 11.7 Å². The molecule has 3 fully saturated rings. The lowest BCUT2D eigenvalue weighted by atomic mass is 9.96. The number of hydrogen-bond donors (Lipinski definition) is 1. The zero-order valence-electron chi connectivity index (χ0n) is 16.7. The monoisotopic (exact) mass is 411 g/mol. The number of pyridine rings is 1. The smallest absolute Gasteiger partial charge is 0.354 e. The van der Waals surface area contributed by atoms with Gasteiger partial charge in [0.05, 0.1) is 11.6 Å². The van der Waals surface area contributed by atoms with Crippen LogP contribution < -0.4 is 10.2 Å². The molecule has 0 bridgehead atoms. The van der Waals surface area contributed by atoms with Crippen molar-refractivity contribution < 1.29 is 18.0 Å². The molecule has 4 heterocycles. The first-order valence-electron chi connectivity index (χ1n) is 10.4. The number of carbonyl (C=O) groups excluding carboxylic acids is 1. The SMILES string of the molecule is C[C@@H]1[C@@H](C(=O)N2CCCC2)NC[C@H]1N1CCN(c2ncccc2C(F)(F)F)CC1. The van der Waals surface area contributed by atoms with Crippen LogP contribution in [-0.2, 0) is 11.0 Å². The van der Waals surface area contributed by atoms with E-state index in [1.54, 1.807) is 4.90 Å². The Balaban J connectivity index is 1.37. The Bertz CT molecular complexity index is 729. The molecule has 3 saturated heterocycles. The molecule has 3 atom stereocenters. The van der Waals surface area contributed by atoms with Crippen LogP contribution in [0.25, 0.3) is 0 Å². The van der Waals surface area contributed by atoms with Gasteiger partial charge in [0.2, 0.25) is 5.91 Å². The fraction of sp³-hybridized carbons (Fsp3) is 0.700. The number of aromatic nitrogens is 1. The maximum Gasteiger partial charge on any atom is 0.419 e. The molecule has 1 amide bonds. The van der Waals surface area contributed by atoms with Gasteiger partial charge in [0.1, 0.15) is 5.82 Å². The summed E-state index contributed by atoms with van der Waals surface area (Å²) in [5.74, 6) is 0.383. The summed E-state index contributed by atoms with van der Waals surface area (Å²) >= 11 is 0. The summed E-state index contributed by atoms with van der Waals surface area (Å²) in [5.41, 5.74) is -0.680. The number of nitrogens with one attached hydrogen (secondary N) is 1. The van der Waals surface area contributed by atoms with Gasteiger partial charge in [-0.05, 0) is 30.9 Å². The van der Waals surface area contributed by atoms with Crippen molar-refractivity contribution in [1.29, 1.82) is 0 Å². The normalized spacial score (nSPS) is 28.9. The van der Waals surface area contributed by atoms with Gasteiger partial charge in [-0.25, -0.2) is 4.98 Å². The molecule has 0 spiro atoms. The molecule has 0 saturated carbocycles. The van der Waals surface area contributed by atoms with Gasteiger partial charge >= 0.3 is 6.18 Å². The van der Waals surface area contributed by atoms with E-state index in [0.717, 1.165) is 38.5 Å². The Kier molecular flexibility index (Phi) is 5.70. The number of amides is 1. The Morgan fingerprint density at radius 2 is 1.83 bits per heavy atom. The molecule has 3 aliphatic heterocycles. The molecule has 160 valence electrons. The van der Waals surface area contributed by atoms with E-state index in [2.05, 4.69) is 22.1 Å². The van der Waals surface area contributed by atoms with Crippen molar-refractivity contribution in [1.82, 2.24) is 20.1 Å². The highest BCUT2D eigenvalue weighted by Crippen LogP contribution is 2.35. The van der Waals surface area contributed by atoms with E-state index in [1.165, 1.54) is 12.3 Å². The first kappa shape index (κ1) is 20.4. The van der Waals surface area contributed by atoms with Crippen molar-refractivity contribution in [3.63, 3.8) is 0 Å². The molecule has 0 aromatic carbocycles. The predicted molar refractivity (Wildman–Crippen MR) is 104 cm³/mol. The molecular formula is C20H28F3N5O. The minimum atomic E-state index is -4.41. The number of likely N-dealkylation sites (tertiary alicyclic amines) is 1. The third kappa shape index (κ3) is 4.07. The summed E-state index contributed by atoms with van der Waals surface area (Å²) < 4.78 is 39.9. The molecule has 1 aromatic rings. The topological polar surface area (TPSA) is 51.7 Å². The van der Waals surface area contributed by atoms with Gasteiger partial charge in [-0.15, -0.1) is 0 Å². The number of hydrogen-bond acceptors (Lipinski definition) is 5. The fourth-order valence-corrected chi connectivity index (χ4v) is 4.89. The van der Waals surface area contributed by atoms with Crippen LogP contribution in [-0.4, -0.2) is 78.6 Å². The zero-order valence-corrected chi connectivity index (χ0v) is 16.7. The summed E-state index contributed by atoms with van der Waals surface area (Å²) in [4.78, 5) is 22.8. The van der Waals surface area contributed by atoms with Gasteiger partial charge in [0, 0.05) is 58.1 Å². The average molecular weight is 411 g/mol. The number of anilines is 1. The maximum atomic E-state index is 13.3. The lowest BCUT2D eigenvalue weighted by molar-refractivity contribution is -0.137. The average Bonchev–Trinajstić information content (AvgIpc) is 3.37. The summed E-state index contributed by atoms with van der Waals surface area (Å²) in [5, 5.41) is 3.39. The molecule has 3 aliphatic rings. The van der Waals surface area contributed by atoms with Gasteiger partial charge < -0.3 is 15.1 Å². The molecule has 4 rings (SSSR count). The lowest BCUT2D eigenvalue weighted by Crippen LogP contribution is -2.53. The highest BCUT2D eigenvalue weighted by Gasteiger charge is 2.43. The van der Waals surface area contributed by atoms with Crippen molar-refractivity contribution in [3.05, 3.63) is 23.9 Å². The van der Waals surface area contributed by atoms with E-state index in [4.69, 9.17) is 0 Å². The summed E-state index contributed by atoms with van der Waals surface area (Å²) in [6, 6.07) is 2.47. The number of rotatable bonds is 3. The molecule has 9 heteroatoms. The Morgan fingerprint density at radius 3 is 2.48 bits per heavy atom.